The molecule has 0 spiro atoms. The summed E-state index contributed by atoms with van der Waals surface area (Å²) in [6.45, 7) is 9.05. The molecule has 1 heterocycles. The molecule has 1 aromatic rings. The van der Waals surface area contributed by atoms with Crippen LogP contribution in [0, 0.1) is 5.92 Å². The molecule has 0 amide bonds. The van der Waals surface area contributed by atoms with Crippen LogP contribution in [0.2, 0.25) is 0 Å². The van der Waals surface area contributed by atoms with Crippen LogP contribution in [0.25, 0.3) is 0 Å². The van der Waals surface area contributed by atoms with E-state index in [0.717, 1.165) is 31.1 Å². The second kappa shape index (κ2) is 8.07. The van der Waals surface area contributed by atoms with Crippen LogP contribution >= 0.6 is 0 Å². The van der Waals surface area contributed by atoms with Gasteiger partial charge in [0.2, 0.25) is 5.88 Å². The van der Waals surface area contributed by atoms with Gasteiger partial charge in [-0.1, -0.05) is 33.3 Å². The molecule has 1 N–H and O–H groups in total. The maximum absolute atomic E-state index is 5.80. The van der Waals surface area contributed by atoms with E-state index in [1.807, 2.05) is 6.07 Å². The molecular weight excluding hydrogens is 212 g/mol. The van der Waals surface area contributed by atoms with Crippen molar-refractivity contribution < 1.29 is 4.74 Å². The van der Waals surface area contributed by atoms with Crippen LogP contribution in [-0.2, 0) is 6.54 Å². The first-order valence-corrected chi connectivity index (χ1v) is 6.55. The van der Waals surface area contributed by atoms with Crippen LogP contribution < -0.4 is 10.1 Å². The lowest BCUT2D eigenvalue weighted by atomic mass is 10.1. The van der Waals surface area contributed by atoms with Crippen LogP contribution in [0.4, 0.5) is 0 Å². The van der Waals surface area contributed by atoms with E-state index in [0.29, 0.717) is 5.92 Å². The van der Waals surface area contributed by atoms with Gasteiger partial charge in [-0.25, -0.2) is 4.98 Å². The first kappa shape index (κ1) is 14.0. The van der Waals surface area contributed by atoms with Gasteiger partial charge in [-0.2, -0.15) is 0 Å². The van der Waals surface area contributed by atoms with Gasteiger partial charge in [-0.3, -0.25) is 0 Å². The molecule has 17 heavy (non-hydrogen) atoms. The average molecular weight is 236 g/mol. The zero-order valence-electron chi connectivity index (χ0n) is 11.2. The minimum absolute atomic E-state index is 0.592. The van der Waals surface area contributed by atoms with Crippen molar-refractivity contribution in [2.75, 3.05) is 13.2 Å². The Labute approximate surface area is 105 Å². The number of rotatable bonds is 8. The highest BCUT2D eigenvalue weighted by atomic mass is 16.5. The first-order valence-electron chi connectivity index (χ1n) is 6.55. The number of aromatic nitrogens is 1. The highest BCUT2D eigenvalue weighted by Crippen LogP contribution is 2.16. The minimum Gasteiger partial charge on any atom is -0.477 e. The van der Waals surface area contributed by atoms with E-state index in [-0.39, 0.29) is 0 Å². The molecule has 1 rings (SSSR count). The van der Waals surface area contributed by atoms with Crippen molar-refractivity contribution in [2.24, 2.45) is 5.92 Å². The molecule has 0 saturated heterocycles. The number of nitrogens with zero attached hydrogens (tertiary/aromatic N) is 1. The van der Waals surface area contributed by atoms with Gasteiger partial charge >= 0.3 is 0 Å². The van der Waals surface area contributed by atoms with E-state index in [9.17, 15) is 0 Å². The molecule has 0 aromatic carbocycles. The van der Waals surface area contributed by atoms with Crippen molar-refractivity contribution >= 4 is 0 Å². The normalized spacial score (nSPS) is 12.4. The number of nitrogens with one attached hydrogen (secondary N) is 1. The van der Waals surface area contributed by atoms with Crippen LogP contribution in [0.5, 0.6) is 5.88 Å². The highest BCUT2D eigenvalue weighted by Gasteiger charge is 2.06. The molecule has 0 aliphatic rings. The molecule has 0 radical (unpaired) electrons. The van der Waals surface area contributed by atoms with Gasteiger partial charge in [-0.15, -0.1) is 0 Å². The van der Waals surface area contributed by atoms with Crippen molar-refractivity contribution in [3.63, 3.8) is 0 Å². The standard InChI is InChI=1S/C14H24N2O/c1-4-7-12(3)11-17-14-13(10-15-5-2)8-6-9-16-14/h6,8-9,12,15H,4-5,7,10-11H2,1-3H3. The maximum atomic E-state index is 5.80. The highest BCUT2D eigenvalue weighted by molar-refractivity contribution is 5.25. The summed E-state index contributed by atoms with van der Waals surface area (Å²) in [5, 5.41) is 3.30. The molecule has 0 saturated carbocycles. The average Bonchev–Trinajstić information content (AvgIpc) is 2.35. The Bertz CT molecular complexity index is 315. The van der Waals surface area contributed by atoms with Gasteiger partial charge in [0.1, 0.15) is 0 Å². The largest absolute Gasteiger partial charge is 0.477 e. The minimum atomic E-state index is 0.592. The number of ether oxygens (including phenoxy) is 1. The van der Waals surface area contributed by atoms with E-state index in [4.69, 9.17) is 4.74 Å². The first-order chi connectivity index (χ1) is 8.27. The van der Waals surface area contributed by atoms with E-state index in [1.54, 1.807) is 6.20 Å². The van der Waals surface area contributed by atoms with Gasteiger partial charge in [0, 0.05) is 18.3 Å². The zero-order chi connectivity index (χ0) is 12.5. The quantitative estimate of drug-likeness (QED) is 0.753. The molecule has 1 atom stereocenters. The molecule has 0 bridgehead atoms. The third-order valence-electron chi connectivity index (χ3n) is 2.70. The van der Waals surface area contributed by atoms with E-state index in [2.05, 4.69) is 37.1 Å². The maximum Gasteiger partial charge on any atom is 0.217 e. The number of hydrogen-bond donors (Lipinski definition) is 1. The lowest BCUT2D eigenvalue weighted by Crippen LogP contribution is -2.15. The van der Waals surface area contributed by atoms with Crippen LogP contribution in [0.3, 0.4) is 0 Å². The fraction of sp³-hybridized carbons (Fsp3) is 0.643. The Balaban J connectivity index is 2.51. The van der Waals surface area contributed by atoms with Crippen molar-refractivity contribution in [3.05, 3.63) is 23.9 Å². The van der Waals surface area contributed by atoms with Gasteiger partial charge in [-0.05, 0) is 24.9 Å². The lowest BCUT2D eigenvalue weighted by molar-refractivity contribution is 0.240. The summed E-state index contributed by atoms with van der Waals surface area (Å²) in [5.74, 6) is 1.37. The molecule has 3 heteroatoms. The Hall–Kier alpha value is -1.09. The third-order valence-corrected chi connectivity index (χ3v) is 2.70. The molecule has 1 unspecified atom stereocenters. The molecule has 0 aliphatic heterocycles. The Morgan fingerprint density at radius 1 is 1.41 bits per heavy atom. The van der Waals surface area contributed by atoms with Gasteiger partial charge in [0.15, 0.2) is 0 Å². The van der Waals surface area contributed by atoms with Crippen LogP contribution in [0.1, 0.15) is 39.2 Å². The summed E-state index contributed by atoms with van der Waals surface area (Å²) in [5.41, 5.74) is 1.14. The van der Waals surface area contributed by atoms with Crippen molar-refractivity contribution in [3.8, 4) is 5.88 Å². The number of hydrogen-bond acceptors (Lipinski definition) is 3. The van der Waals surface area contributed by atoms with Crippen molar-refractivity contribution in [2.45, 2.75) is 40.2 Å². The van der Waals surface area contributed by atoms with Crippen molar-refractivity contribution in [1.29, 1.82) is 0 Å². The van der Waals surface area contributed by atoms with Gasteiger partial charge in [0.25, 0.3) is 0 Å². The second-order valence-electron chi connectivity index (χ2n) is 4.45. The molecule has 96 valence electrons. The third kappa shape index (κ3) is 5.18. The summed E-state index contributed by atoms with van der Waals surface area (Å²) in [7, 11) is 0. The van der Waals surface area contributed by atoms with E-state index in [1.165, 1.54) is 12.8 Å². The van der Waals surface area contributed by atoms with Gasteiger partial charge < -0.3 is 10.1 Å². The Morgan fingerprint density at radius 2 is 2.24 bits per heavy atom. The second-order valence-corrected chi connectivity index (χ2v) is 4.45. The fourth-order valence-electron chi connectivity index (χ4n) is 1.75. The van der Waals surface area contributed by atoms with Crippen LogP contribution in [-0.4, -0.2) is 18.1 Å². The predicted octanol–water partition coefficient (Wildman–Crippen LogP) is 3.01. The summed E-state index contributed by atoms with van der Waals surface area (Å²) in [4.78, 5) is 4.30. The van der Waals surface area contributed by atoms with E-state index >= 15 is 0 Å². The van der Waals surface area contributed by atoms with E-state index < -0.39 is 0 Å². The van der Waals surface area contributed by atoms with Crippen LogP contribution in [0.15, 0.2) is 18.3 Å². The summed E-state index contributed by atoms with van der Waals surface area (Å²) in [6.07, 6.45) is 4.20. The molecule has 1 aromatic heterocycles. The lowest BCUT2D eigenvalue weighted by Gasteiger charge is -2.14. The molecule has 0 aliphatic carbocycles. The predicted molar refractivity (Wildman–Crippen MR) is 71.2 cm³/mol. The fourth-order valence-corrected chi connectivity index (χ4v) is 1.75. The summed E-state index contributed by atoms with van der Waals surface area (Å²) >= 11 is 0. The number of pyridine rings is 1. The Morgan fingerprint density at radius 3 is 2.94 bits per heavy atom. The summed E-state index contributed by atoms with van der Waals surface area (Å²) in [6, 6.07) is 4.02. The monoisotopic (exact) mass is 236 g/mol. The molecular formula is C14H24N2O. The van der Waals surface area contributed by atoms with Crippen molar-refractivity contribution in [1.82, 2.24) is 10.3 Å². The summed E-state index contributed by atoms with van der Waals surface area (Å²) < 4.78 is 5.80. The topological polar surface area (TPSA) is 34.1 Å². The smallest absolute Gasteiger partial charge is 0.217 e. The molecule has 0 fully saturated rings. The van der Waals surface area contributed by atoms with Gasteiger partial charge in [0.05, 0.1) is 6.61 Å². The molecule has 3 nitrogen and oxygen atoms in total. The SMILES string of the molecule is CCCC(C)COc1ncccc1CNCC. The zero-order valence-corrected chi connectivity index (χ0v) is 11.2. The Kier molecular flexibility index (Phi) is 6.63.